The van der Waals surface area contributed by atoms with Crippen LogP contribution in [0.1, 0.15) is 41.5 Å². The molecular formula is C16H20N2O2. The van der Waals surface area contributed by atoms with Crippen LogP contribution in [0.15, 0.2) is 28.8 Å². The second-order valence-corrected chi connectivity index (χ2v) is 5.31. The number of nitrogens with one attached hydrogen (secondary N) is 1. The lowest BCUT2D eigenvalue weighted by Crippen LogP contribution is -2.21. The van der Waals surface area contributed by atoms with Crippen molar-refractivity contribution < 1.29 is 9.26 Å². The summed E-state index contributed by atoms with van der Waals surface area (Å²) in [5.41, 5.74) is 3.62. The molecule has 1 aromatic carbocycles. The lowest BCUT2D eigenvalue weighted by molar-refractivity contribution is 0.287. The zero-order valence-electron chi connectivity index (χ0n) is 12.0. The first-order valence-electron chi connectivity index (χ1n) is 7.11. The summed E-state index contributed by atoms with van der Waals surface area (Å²) in [6, 6.07) is 8.72. The molecule has 4 heteroatoms. The number of rotatable bonds is 4. The van der Waals surface area contributed by atoms with E-state index in [0.717, 1.165) is 23.6 Å². The van der Waals surface area contributed by atoms with E-state index in [4.69, 9.17) is 9.26 Å². The number of aryl methyl sites for hydroxylation is 2. The predicted molar refractivity (Wildman–Crippen MR) is 76.8 cm³/mol. The molecule has 1 heterocycles. The second-order valence-electron chi connectivity index (χ2n) is 5.31. The Balaban J connectivity index is 1.74. The van der Waals surface area contributed by atoms with Crippen LogP contribution < -0.4 is 10.1 Å². The summed E-state index contributed by atoms with van der Waals surface area (Å²) in [5.74, 6) is 1.70. The summed E-state index contributed by atoms with van der Waals surface area (Å²) >= 11 is 0. The molecule has 20 heavy (non-hydrogen) atoms. The third-order valence-corrected chi connectivity index (χ3v) is 3.84. The third kappa shape index (κ3) is 2.70. The number of fused-ring (bicyclic) bond motifs is 1. The van der Waals surface area contributed by atoms with E-state index >= 15 is 0 Å². The van der Waals surface area contributed by atoms with Gasteiger partial charge in [0.2, 0.25) is 0 Å². The summed E-state index contributed by atoms with van der Waals surface area (Å²) in [4.78, 5) is 0. The van der Waals surface area contributed by atoms with Crippen molar-refractivity contribution in [3.8, 4) is 5.75 Å². The normalized spacial score (nSPS) is 17.8. The molecule has 0 radical (unpaired) electrons. The Morgan fingerprint density at radius 3 is 3.05 bits per heavy atom. The zero-order valence-corrected chi connectivity index (χ0v) is 12.0. The number of ether oxygens (including phenoxy) is 1. The predicted octanol–water partition coefficient (Wildman–Crippen LogP) is 3.16. The molecule has 0 bridgehead atoms. The Morgan fingerprint density at radius 2 is 2.30 bits per heavy atom. The monoisotopic (exact) mass is 272 g/mol. The van der Waals surface area contributed by atoms with Crippen LogP contribution in [0.4, 0.5) is 0 Å². The highest BCUT2D eigenvalue weighted by atomic mass is 16.5. The number of nitrogens with zero attached hydrogens (tertiary/aromatic N) is 1. The number of benzene rings is 1. The molecular weight excluding hydrogens is 252 g/mol. The van der Waals surface area contributed by atoms with Crippen LogP contribution >= 0.6 is 0 Å². The first-order chi connectivity index (χ1) is 9.76. The minimum Gasteiger partial charge on any atom is -0.487 e. The van der Waals surface area contributed by atoms with Gasteiger partial charge in [-0.15, -0.1) is 0 Å². The fraction of sp³-hybridized carbons (Fsp3) is 0.438. The van der Waals surface area contributed by atoms with Crippen LogP contribution in [0.25, 0.3) is 0 Å². The highest BCUT2D eigenvalue weighted by Gasteiger charge is 2.19. The van der Waals surface area contributed by atoms with Gasteiger partial charge >= 0.3 is 0 Å². The van der Waals surface area contributed by atoms with E-state index in [9.17, 15) is 0 Å². The maximum absolute atomic E-state index is 5.81. The SMILES string of the molecule is CNC1CCCc2ccc(OCc3cc(C)on3)cc21. The molecule has 106 valence electrons. The van der Waals surface area contributed by atoms with Crippen molar-refractivity contribution in [3.05, 3.63) is 46.8 Å². The summed E-state index contributed by atoms with van der Waals surface area (Å²) in [6.45, 7) is 2.33. The van der Waals surface area contributed by atoms with Crippen LogP contribution in [0, 0.1) is 6.92 Å². The van der Waals surface area contributed by atoms with Crippen LogP contribution in [0.5, 0.6) is 5.75 Å². The molecule has 1 unspecified atom stereocenters. The summed E-state index contributed by atoms with van der Waals surface area (Å²) in [6.07, 6.45) is 3.60. The average molecular weight is 272 g/mol. The van der Waals surface area contributed by atoms with E-state index in [1.807, 2.05) is 26.1 Å². The first kappa shape index (κ1) is 13.2. The van der Waals surface area contributed by atoms with Gasteiger partial charge in [0.25, 0.3) is 0 Å². The number of hydrogen-bond donors (Lipinski definition) is 1. The summed E-state index contributed by atoms with van der Waals surface area (Å²) < 4.78 is 10.9. The molecule has 0 aliphatic heterocycles. The maximum atomic E-state index is 5.81. The molecule has 4 nitrogen and oxygen atoms in total. The van der Waals surface area contributed by atoms with Gasteiger partial charge in [-0.25, -0.2) is 0 Å². The van der Waals surface area contributed by atoms with Crippen molar-refractivity contribution in [2.45, 2.75) is 38.8 Å². The highest BCUT2D eigenvalue weighted by molar-refractivity contribution is 5.39. The molecule has 3 rings (SSSR count). The fourth-order valence-electron chi connectivity index (χ4n) is 2.81. The molecule has 1 aliphatic carbocycles. The standard InChI is InChI=1S/C16H20N2O2/c1-11-8-13(18-20-11)10-19-14-7-6-12-4-3-5-16(17-2)15(12)9-14/h6-9,16-17H,3-5,10H2,1-2H3. The number of aromatic nitrogens is 1. The van der Waals surface area contributed by atoms with E-state index in [2.05, 4.69) is 22.6 Å². The van der Waals surface area contributed by atoms with Crippen molar-refractivity contribution in [1.82, 2.24) is 10.5 Å². The molecule has 2 aromatic rings. The van der Waals surface area contributed by atoms with Crippen LogP contribution in [-0.2, 0) is 13.0 Å². The van der Waals surface area contributed by atoms with E-state index in [1.165, 1.54) is 24.0 Å². The van der Waals surface area contributed by atoms with Crippen molar-refractivity contribution in [2.75, 3.05) is 7.05 Å². The van der Waals surface area contributed by atoms with E-state index < -0.39 is 0 Å². The van der Waals surface area contributed by atoms with E-state index in [1.54, 1.807) is 0 Å². The minimum absolute atomic E-state index is 0.441. The lowest BCUT2D eigenvalue weighted by Gasteiger charge is -2.25. The molecule has 0 spiro atoms. The van der Waals surface area contributed by atoms with Crippen LogP contribution in [0.3, 0.4) is 0 Å². The average Bonchev–Trinajstić information content (AvgIpc) is 2.90. The minimum atomic E-state index is 0.441. The summed E-state index contributed by atoms with van der Waals surface area (Å²) in [5, 5.41) is 7.32. The van der Waals surface area contributed by atoms with E-state index in [-0.39, 0.29) is 0 Å². The Bertz CT molecular complexity index is 592. The van der Waals surface area contributed by atoms with Gasteiger partial charge in [0, 0.05) is 12.1 Å². The van der Waals surface area contributed by atoms with Crippen LogP contribution in [-0.4, -0.2) is 12.2 Å². The molecule has 0 fully saturated rings. The summed E-state index contributed by atoms with van der Waals surface area (Å²) in [7, 11) is 2.02. The molecule has 0 amide bonds. The zero-order chi connectivity index (χ0) is 13.9. The van der Waals surface area contributed by atoms with Gasteiger partial charge in [-0.3, -0.25) is 0 Å². The van der Waals surface area contributed by atoms with Gasteiger partial charge < -0.3 is 14.6 Å². The van der Waals surface area contributed by atoms with Gasteiger partial charge in [-0.1, -0.05) is 11.2 Å². The van der Waals surface area contributed by atoms with Gasteiger partial charge in [0.05, 0.1) is 0 Å². The van der Waals surface area contributed by atoms with Gasteiger partial charge in [0.1, 0.15) is 23.8 Å². The smallest absolute Gasteiger partial charge is 0.134 e. The topological polar surface area (TPSA) is 47.3 Å². The third-order valence-electron chi connectivity index (χ3n) is 3.84. The Hall–Kier alpha value is -1.81. The Labute approximate surface area is 119 Å². The molecule has 1 N–H and O–H groups in total. The second kappa shape index (κ2) is 5.67. The molecule has 1 aromatic heterocycles. The van der Waals surface area contributed by atoms with Crippen molar-refractivity contribution in [1.29, 1.82) is 0 Å². The first-order valence-corrected chi connectivity index (χ1v) is 7.11. The molecule has 1 atom stereocenters. The molecule has 0 saturated carbocycles. The van der Waals surface area contributed by atoms with Gasteiger partial charge in [-0.05, 0) is 56.5 Å². The largest absolute Gasteiger partial charge is 0.487 e. The Kier molecular flexibility index (Phi) is 3.74. The lowest BCUT2D eigenvalue weighted by atomic mass is 9.87. The molecule has 1 aliphatic rings. The van der Waals surface area contributed by atoms with Crippen molar-refractivity contribution >= 4 is 0 Å². The van der Waals surface area contributed by atoms with Crippen molar-refractivity contribution in [3.63, 3.8) is 0 Å². The van der Waals surface area contributed by atoms with E-state index in [0.29, 0.717) is 12.6 Å². The van der Waals surface area contributed by atoms with Crippen molar-refractivity contribution in [2.24, 2.45) is 0 Å². The maximum Gasteiger partial charge on any atom is 0.134 e. The van der Waals surface area contributed by atoms with Gasteiger partial charge in [-0.2, -0.15) is 0 Å². The highest BCUT2D eigenvalue weighted by Crippen LogP contribution is 2.32. The van der Waals surface area contributed by atoms with Crippen LogP contribution in [0.2, 0.25) is 0 Å². The quantitative estimate of drug-likeness (QED) is 0.928. The Morgan fingerprint density at radius 1 is 1.40 bits per heavy atom. The fourth-order valence-corrected chi connectivity index (χ4v) is 2.81. The molecule has 0 saturated heterocycles. The van der Waals surface area contributed by atoms with Gasteiger partial charge in [0.15, 0.2) is 0 Å². The number of hydrogen-bond acceptors (Lipinski definition) is 4.